The van der Waals surface area contributed by atoms with Crippen molar-refractivity contribution in [2.75, 3.05) is 19.8 Å². The van der Waals surface area contributed by atoms with E-state index in [1.807, 2.05) is 121 Å². The van der Waals surface area contributed by atoms with E-state index < -0.39 is 47.9 Å². The van der Waals surface area contributed by atoms with Gasteiger partial charge in [0.2, 0.25) is 0 Å². The Labute approximate surface area is 300 Å². The first-order valence-corrected chi connectivity index (χ1v) is 17.5. The summed E-state index contributed by atoms with van der Waals surface area (Å²) in [5.41, 5.74) is 1.83. The Hall–Kier alpha value is -4.38. The van der Waals surface area contributed by atoms with Gasteiger partial charge in [-0.25, -0.2) is 0 Å². The second kappa shape index (κ2) is 19.3. The van der Waals surface area contributed by atoms with E-state index in [-0.39, 0.29) is 39.6 Å². The smallest absolute Gasteiger partial charge is 0.326 e. The lowest BCUT2D eigenvalue weighted by molar-refractivity contribution is -0.290. The predicted molar refractivity (Wildman–Crippen MR) is 191 cm³/mol. The van der Waals surface area contributed by atoms with Crippen LogP contribution in [0.25, 0.3) is 0 Å². The summed E-state index contributed by atoms with van der Waals surface area (Å²) < 4.78 is 44.4. The van der Waals surface area contributed by atoms with Gasteiger partial charge in [-0.05, 0) is 43.0 Å². The van der Waals surface area contributed by atoms with Gasteiger partial charge >= 0.3 is 11.9 Å². The van der Waals surface area contributed by atoms with E-state index in [4.69, 9.17) is 33.2 Å². The van der Waals surface area contributed by atoms with Gasteiger partial charge in [-0.2, -0.15) is 0 Å². The molecule has 1 aliphatic rings. The molecule has 0 saturated carbocycles. The summed E-state index contributed by atoms with van der Waals surface area (Å²) >= 11 is 0. The molecule has 0 amide bonds. The average molecular weight is 697 g/mol. The second-order valence-electron chi connectivity index (χ2n) is 12.5. The molecule has 9 heteroatoms. The highest BCUT2D eigenvalue weighted by atomic mass is 16.6. The first-order chi connectivity index (χ1) is 24.9. The Balaban J connectivity index is 1.58. The Kier molecular flexibility index (Phi) is 14.3. The summed E-state index contributed by atoms with van der Waals surface area (Å²) in [6.45, 7) is 5.97. The molecular formula is C42H48O9. The monoisotopic (exact) mass is 696 g/mol. The van der Waals surface area contributed by atoms with Gasteiger partial charge in [0.15, 0.2) is 5.41 Å². The molecule has 1 saturated heterocycles. The maximum atomic E-state index is 13.9. The maximum absolute atomic E-state index is 13.9. The Morgan fingerprint density at radius 3 is 1.33 bits per heavy atom. The van der Waals surface area contributed by atoms with E-state index in [9.17, 15) is 9.59 Å². The van der Waals surface area contributed by atoms with Crippen molar-refractivity contribution in [1.82, 2.24) is 0 Å². The number of benzene rings is 4. The van der Waals surface area contributed by atoms with E-state index in [2.05, 4.69) is 0 Å². The summed E-state index contributed by atoms with van der Waals surface area (Å²) in [5.74, 6) is -1.56. The third-order valence-electron chi connectivity index (χ3n) is 8.85. The highest BCUT2D eigenvalue weighted by molar-refractivity contribution is 6.00. The van der Waals surface area contributed by atoms with Crippen LogP contribution in [0.15, 0.2) is 121 Å². The summed E-state index contributed by atoms with van der Waals surface area (Å²) in [5, 5.41) is 0. The Bertz CT molecular complexity index is 1580. The third kappa shape index (κ3) is 10.1. The van der Waals surface area contributed by atoms with Crippen molar-refractivity contribution in [3.8, 4) is 0 Å². The normalized spacial score (nSPS) is 20.4. The molecule has 0 N–H and O–H groups in total. The molecule has 1 fully saturated rings. The van der Waals surface area contributed by atoms with Crippen LogP contribution in [0.1, 0.15) is 43.0 Å². The van der Waals surface area contributed by atoms with Gasteiger partial charge in [0.25, 0.3) is 0 Å². The lowest BCUT2D eigenvalue weighted by atomic mass is 9.76. The van der Waals surface area contributed by atoms with E-state index >= 15 is 0 Å². The largest absolute Gasteiger partial charge is 0.465 e. The van der Waals surface area contributed by atoms with E-state index in [1.165, 1.54) is 6.92 Å². The number of esters is 2. The average Bonchev–Trinajstić information content (AvgIpc) is 3.17. The summed E-state index contributed by atoms with van der Waals surface area (Å²) in [4.78, 5) is 27.8. The molecule has 1 aliphatic heterocycles. The van der Waals surface area contributed by atoms with Crippen LogP contribution in [-0.4, -0.2) is 62.3 Å². The van der Waals surface area contributed by atoms with Crippen LogP contribution < -0.4 is 0 Å². The van der Waals surface area contributed by atoms with Gasteiger partial charge < -0.3 is 33.2 Å². The van der Waals surface area contributed by atoms with Crippen molar-refractivity contribution in [3.63, 3.8) is 0 Å². The zero-order chi connectivity index (χ0) is 35.9. The molecule has 0 aromatic heterocycles. The zero-order valence-corrected chi connectivity index (χ0v) is 29.6. The van der Waals surface area contributed by atoms with Crippen LogP contribution in [0.2, 0.25) is 0 Å². The van der Waals surface area contributed by atoms with Gasteiger partial charge in [-0.1, -0.05) is 121 Å². The van der Waals surface area contributed by atoms with E-state index in [0.29, 0.717) is 6.61 Å². The number of hydrogen-bond donors (Lipinski definition) is 0. The van der Waals surface area contributed by atoms with Gasteiger partial charge in [0.1, 0.15) is 30.5 Å². The van der Waals surface area contributed by atoms with Crippen LogP contribution in [0.4, 0.5) is 0 Å². The minimum atomic E-state index is -1.93. The summed E-state index contributed by atoms with van der Waals surface area (Å²) in [6, 6.07) is 39.0. The lowest BCUT2D eigenvalue weighted by Crippen LogP contribution is -2.67. The SMILES string of the molecule is CCOC(=O)C(C)(C(=O)OCC)[C@H]1O[C@H](COCc2ccccc2)[C@@H](OCc2ccccc2)[C@H](OCc2ccccc2)[C@@H]1OCc1ccccc1. The van der Waals surface area contributed by atoms with Crippen LogP contribution in [0, 0.1) is 5.41 Å². The topological polar surface area (TPSA) is 98.8 Å². The second-order valence-corrected chi connectivity index (χ2v) is 12.5. The zero-order valence-electron chi connectivity index (χ0n) is 29.6. The predicted octanol–water partition coefficient (Wildman–Crippen LogP) is 6.86. The van der Waals surface area contributed by atoms with Crippen molar-refractivity contribution < 1.29 is 42.7 Å². The molecule has 0 bridgehead atoms. The maximum Gasteiger partial charge on any atom is 0.326 e. The first-order valence-electron chi connectivity index (χ1n) is 17.5. The molecular weight excluding hydrogens is 648 g/mol. The van der Waals surface area contributed by atoms with Gasteiger partial charge in [-0.3, -0.25) is 9.59 Å². The molecule has 4 aromatic rings. The fourth-order valence-electron chi connectivity index (χ4n) is 6.13. The summed E-state index contributed by atoms with van der Waals surface area (Å²) in [6.07, 6.45) is -4.55. The van der Waals surface area contributed by atoms with Gasteiger partial charge in [0, 0.05) is 0 Å². The highest BCUT2D eigenvalue weighted by Gasteiger charge is 2.61. The highest BCUT2D eigenvalue weighted by Crippen LogP contribution is 2.40. The van der Waals surface area contributed by atoms with Crippen LogP contribution >= 0.6 is 0 Å². The Morgan fingerprint density at radius 1 is 0.549 bits per heavy atom. The fraction of sp³-hybridized carbons (Fsp3) is 0.381. The molecule has 51 heavy (non-hydrogen) atoms. The number of carbonyl (C=O) groups excluding carboxylic acids is 2. The molecule has 270 valence electrons. The number of rotatable bonds is 18. The van der Waals surface area contributed by atoms with E-state index in [0.717, 1.165) is 22.3 Å². The quantitative estimate of drug-likeness (QED) is 0.0817. The molecule has 4 aromatic carbocycles. The molecule has 0 unspecified atom stereocenters. The lowest BCUT2D eigenvalue weighted by Gasteiger charge is -2.49. The molecule has 0 aliphatic carbocycles. The molecule has 1 heterocycles. The number of hydrogen-bond acceptors (Lipinski definition) is 9. The third-order valence-corrected chi connectivity index (χ3v) is 8.85. The van der Waals surface area contributed by atoms with Gasteiger partial charge in [-0.15, -0.1) is 0 Å². The first kappa shape index (κ1) is 37.9. The number of carbonyl (C=O) groups is 2. The number of ether oxygens (including phenoxy) is 7. The molecule has 5 rings (SSSR count). The van der Waals surface area contributed by atoms with Crippen molar-refractivity contribution in [2.24, 2.45) is 5.41 Å². The van der Waals surface area contributed by atoms with Gasteiger partial charge in [0.05, 0.1) is 46.2 Å². The molecule has 9 nitrogen and oxygen atoms in total. The van der Waals surface area contributed by atoms with Crippen molar-refractivity contribution in [3.05, 3.63) is 144 Å². The van der Waals surface area contributed by atoms with E-state index in [1.54, 1.807) is 13.8 Å². The van der Waals surface area contributed by atoms with Crippen molar-refractivity contribution in [1.29, 1.82) is 0 Å². The molecule has 5 atom stereocenters. The van der Waals surface area contributed by atoms with Crippen LogP contribution in [0.3, 0.4) is 0 Å². The molecule has 0 radical (unpaired) electrons. The van der Waals surface area contributed by atoms with Crippen LogP contribution in [0.5, 0.6) is 0 Å². The van der Waals surface area contributed by atoms with Crippen molar-refractivity contribution >= 4 is 11.9 Å². The van der Waals surface area contributed by atoms with Crippen molar-refractivity contribution in [2.45, 2.75) is 77.7 Å². The molecule has 0 spiro atoms. The minimum Gasteiger partial charge on any atom is -0.465 e. The fourth-order valence-corrected chi connectivity index (χ4v) is 6.13. The standard InChI is InChI=1S/C42H48O9/c1-4-46-40(43)42(3,41(44)47-5-2)39-38(50-29-34-24-16-9-17-25-34)37(49-28-33-22-14-8-15-23-33)36(48-27-32-20-12-7-13-21-32)35(51-39)30-45-26-31-18-10-6-11-19-31/h6-25,35-39H,4-5,26-30H2,1-3H3/t35-,36-,37+,38+,39+/m1/s1. The summed E-state index contributed by atoms with van der Waals surface area (Å²) in [7, 11) is 0. The Morgan fingerprint density at radius 2 is 0.922 bits per heavy atom. The minimum absolute atomic E-state index is 0.0520. The van der Waals surface area contributed by atoms with Crippen LogP contribution in [-0.2, 0) is 69.2 Å².